The fourth-order valence-electron chi connectivity index (χ4n) is 7.90. The van der Waals surface area contributed by atoms with Crippen LogP contribution in [-0.2, 0) is 20.9 Å². The van der Waals surface area contributed by atoms with Gasteiger partial charge in [-0.05, 0) is 92.2 Å². The zero-order chi connectivity index (χ0) is 43.4. The standard InChI is InChI=1S/C45H53N9O6S/c1-26-7-6-18-53(26)24-38-48-34-17-16-32(19-36(34)49-38)47-42(58)30-12-14-31(15-13-30)43(59)52-51-39(56)21-35(28-8-10-29(11-9-28)41-27(2)46-25-61-41)50-44(60)37-20-33(55)23-54(37)40(57)22-45(3,4)5/h8-17,19,25-26,33,35,37,55H,6-7,18,20-24H2,1-5H3,(H,47,58)(H,48,49)(H,50,60)(H,51,56)(H,52,59)/t26-,33+,35-,37-/m0/s1. The lowest BCUT2D eigenvalue weighted by molar-refractivity contribution is -0.140. The molecule has 0 radical (unpaired) electrons. The van der Waals surface area contributed by atoms with Crippen molar-refractivity contribution in [2.75, 3.05) is 18.4 Å². The number of aromatic amines is 1. The molecule has 15 nitrogen and oxygen atoms in total. The molecule has 0 saturated carbocycles. The summed E-state index contributed by atoms with van der Waals surface area (Å²) < 4.78 is 0. The number of hydrogen-bond donors (Lipinski definition) is 6. The van der Waals surface area contributed by atoms with E-state index >= 15 is 0 Å². The second-order valence-corrected chi connectivity index (χ2v) is 18.1. The number of aromatic nitrogens is 3. The second-order valence-electron chi connectivity index (χ2n) is 17.3. The van der Waals surface area contributed by atoms with Gasteiger partial charge in [-0.25, -0.2) is 9.97 Å². The highest BCUT2D eigenvalue weighted by atomic mass is 32.1. The molecule has 0 bridgehead atoms. The van der Waals surface area contributed by atoms with E-state index in [9.17, 15) is 29.1 Å². The third-order valence-electron chi connectivity index (χ3n) is 11.2. The molecule has 16 heteroatoms. The minimum atomic E-state index is -0.916. The van der Waals surface area contributed by atoms with Gasteiger partial charge in [0.1, 0.15) is 11.9 Å². The van der Waals surface area contributed by atoms with Gasteiger partial charge in [0, 0.05) is 42.2 Å². The first-order valence-corrected chi connectivity index (χ1v) is 21.5. The van der Waals surface area contributed by atoms with Crippen molar-refractivity contribution in [2.24, 2.45) is 5.41 Å². The first kappa shape index (κ1) is 43.1. The number of anilines is 1. The highest BCUT2D eigenvalue weighted by molar-refractivity contribution is 7.13. The fraction of sp³-hybridized carbons (Fsp3) is 0.400. The second kappa shape index (κ2) is 18.3. The normalized spacial score (nSPS) is 18.5. The molecule has 2 aliphatic rings. The van der Waals surface area contributed by atoms with Crippen LogP contribution in [0, 0.1) is 12.3 Å². The van der Waals surface area contributed by atoms with Crippen LogP contribution in [-0.4, -0.2) is 90.7 Å². The van der Waals surface area contributed by atoms with Gasteiger partial charge in [-0.15, -0.1) is 11.3 Å². The molecule has 0 unspecified atom stereocenters. The van der Waals surface area contributed by atoms with E-state index in [1.54, 1.807) is 5.51 Å². The summed E-state index contributed by atoms with van der Waals surface area (Å²) in [5, 5.41) is 16.3. The Kier molecular flexibility index (Phi) is 13.0. The number of hydrogen-bond acceptors (Lipinski definition) is 10. The third kappa shape index (κ3) is 10.7. The number of carbonyl (C=O) groups excluding carboxylic acids is 5. The average molecular weight is 848 g/mol. The Morgan fingerprint density at radius 2 is 1.69 bits per heavy atom. The largest absolute Gasteiger partial charge is 0.391 e. The Balaban J connectivity index is 0.969. The van der Waals surface area contributed by atoms with Crippen molar-refractivity contribution in [1.29, 1.82) is 0 Å². The highest BCUT2D eigenvalue weighted by Gasteiger charge is 2.40. The number of H-pyrrole nitrogens is 1. The van der Waals surface area contributed by atoms with Gasteiger partial charge in [-0.1, -0.05) is 45.0 Å². The van der Waals surface area contributed by atoms with E-state index < -0.39 is 35.9 Å². The Morgan fingerprint density at radius 1 is 0.967 bits per heavy atom. The molecule has 4 atom stereocenters. The SMILES string of the molecule is Cc1ncsc1-c1ccc([C@H](CC(=O)NNC(=O)c2ccc(C(=O)Nc3ccc4[nH]c(CN5CCC[C@@H]5C)nc4c3)cc2)NC(=O)[C@@H]2C[C@@H](O)CN2C(=O)CC(C)(C)C)cc1. The van der Waals surface area contributed by atoms with Crippen molar-refractivity contribution in [3.8, 4) is 10.4 Å². The molecule has 0 aliphatic carbocycles. The molecule has 61 heavy (non-hydrogen) atoms. The van der Waals surface area contributed by atoms with Gasteiger partial charge in [0.15, 0.2) is 0 Å². The van der Waals surface area contributed by atoms with Crippen LogP contribution in [0.15, 0.2) is 72.2 Å². The van der Waals surface area contributed by atoms with Gasteiger partial charge < -0.3 is 25.6 Å². The number of nitrogens with zero attached hydrogens (tertiary/aromatic N) is 4. The number of likely N-dealkylation sites (tertiary alicyclic amines) is 2. The lowest BCUT2D eigenvalue weighted by atomic mass is 9.91. The van der Waals surface area contributed by atoms with E-state index in [-0.39, 0.29) is 48.6 Å². The summed E-state index contributed by atoms with van der Waals surface area (Å²) in [6, 6.07) is 17.7. The molecule has 7 rings (SSSR count). The number of aryl methyl sites for hydroxylation is 1. The molecule has 320 valence electrons. The van der Waals surface area contributed by atoms with E-state index in [1.165, 1.54) is 53.3 Å². The predicted octanol–water partition coefficient (Wildman–Crippen LogP) is 5.64. The van der Waals surface area contributed by atoms with Crippen LogP contribution in [0.5, 0.6) is 0 Å². The van der Waals surface area contributed by atoms with Crippen molar-refractivity contribution in [1.82, 2.24) is 40.9 Å². The number of benzene rings is 3. The Bertz CT molecular complexity index is 2410. The van der Waals surface area contributed by atoms with E-state index in [4.69, 9.17) is 4.98 Å². The van der Waals surface area contributed by atoms with Gasteiger partial charge in [-0.3, -0.25) is 39.7 Å². The summed E-state index contributed by atoms with van der Waals surface area (Å²) in [6.45, 7) is 11.8. The zero-order valence-electron chi connectivity index (χ0n) is 35.1. The summed E-state index contributed by atoms with van der Waals surface area (Å²) in [5.74, 6) is -1.40. The first-order chi connectivity index (χ1) is 29.1. The summed E-state index contributed by atoms with van der Waals surface area (Å²) in [4.78, 5) is 83.9. The minimum absolute atomic E-state index is 0.0418. The molecular formula is C45H53N9O6S. The maximum Gasteiger partial charge on any atom is 0.269 e. The van der Waals surface area contributed by atoms with E-state index in [0.717, 1.165) is 46.1 Å². The van der Waals surface area contributed by atoms with Gasteiger partial charge >= 0.3 is 0 Å². The van der Waals surface area contributed by atoms with E-state index in [1.807, 2.05) is 70.2 Å². The number of hydrazine groups is 1. The first-order valence-electron chi connectivity index (χ1n) is 20.6. The van der Waals surface area contributed by atoms with Crippen molar-refractivity contribution in [3.63, 3.8) is 0 Å². The number of amides is 5. The van der Waals surface area contributed by atoms with Crippen molar-refractivity contribution < 1.29 is 29.1 Å². The molecule has 3 aromatic carbocycles. The molecule has 5 aromatic rings. The van der Waals surface area contributed by atoms with Gasteiger partial charge in [0.05, 0.1) is 52.2 Å². The summed E-state index contributed by atoms with van der Waals surface area (Å²) in [5.41, 5.74) is 11.5. The fourth-order valence-corrected chi connectivity index (χ4v) is 8.71. The number of imidazole rings is 1. The number of nitrogens with one attached hydrogen (secondary N) is 5. The quantitative estimate of drug-likeness (QED) is 0.0860. The van der Waals surface area contributed by atoms with Crippen LogP contribution in [0.1, 0.15) is 104 Å². The lowest BCUT2D eigenvalue weighted by Crippen LogP contribution is -2.48. The Morgan fingerprint density at radius 3 is 2.34 bits per heavy atom. The molecule has 5 amide bonds. The minimum Gasteiger partial charge on any atom is -0.391 e. The van der Waals surface area contributed by atoms with Gasteiger partial charge in [-0.2, -0.15) is 0 Å². The third-order valence-corrected chi connectivity index (χ3v) is 12.1. The van der Waals surface area contributed by atoms with Crippen LogP contribution in [0.2, 0.25) is 0 Å². The van der Waals surface area contributed by atoms with Crippen LogP contribution in [0.25, 0.3) is 21.5 Å². The van der Waals surface area contributed by atoms with Crippen LogP contribution >= 0.6 is 11.3 Å². The molecule has 2 aromatic heterocycles. The average Bonchev–Trinajstić information content (AvgIpc) is 4.03. The Labute approximate surface area is 358 Å². The number of β-amino-alcohol motifs (C(OH)–C–C–N with tert-alkyl or cyclic N) is 1. The zero-order valence-corrected chi connectivity index (χ0v) is 35.9. The smallest absolute Gasteiger partial charge is 0.269 e. The maximum atomic E-state index is 13.8. The van der Waals surface area contributed by atoms with Crippen molar-refractivity contribution in [3.05, 3.63) is 100 Å². The number of fused-ring (bicyclic) bond motifs is 1. The number of thiazole rings is 1. The number of rotatable bonds is 12. The molecular weight excluding hydrogens is 795 g/mol. The Hall–Kier alpha value is -5.97. The molecule has 2 saturated heterocycles. The summed E-state index contributed by atoms with van der Waals surface area (Å²) >= 11 is 1.51. The highest BCUT2D eigenvalue weighted by Crippen LogP contribution is 2.30. The monoisotopic (exact) mass is 847 g/mol. The van der Waals surface area contributed by atoms with Crippen LogP contribution < -0.4 is 21.5 Å². The van der Waals surface area contributed by atoms with Crippen LogP contribution in [0.3, 0.4) is 0 Å². The summed E-state index contributed by atoms with van der Waals surface area (Å²) in [7, 11) is 0. The topological polar surface area (TPSA) is 202 Å². The maximum absolute atomic E-state index is 13.8. The number of carbonyl (C=O) groups is 5. The molecule has 0 spiro atoms. The van der Waals surface area contributed by atoms with Gasteiger partial charge in [0.25, 0.3) is 11.8 Å². The summed E-state index contributed by atoms with van der Waals surface area (Å²) in [6.07, 6.45) is 1.53. The van der Waals surface area contributed by atoms with Crippen molar-refractivity contribution in [2.45, 2.75) is 97.5 Å². The van der Waals surface area contributed by atoms with Crippen molar-refractivity contribution >= 4 is 57.6 Å². The van der Waals surface area contributed by atoms with Crippen LogP contribution in [0.4, 0.5) is 5.69 Å². The predicted molar refractivity (Wildman–Crippen MR) is 233 cm³/mol. The molecule has 2 aliphatic heterocycles. The lowest BCUT2D eigenvalue weighted by Gasteiger charge is -2.29. The van der Waals surface area contributed by atoms with E-state index in [2.05, 4.69) is 43.3 Å². The molecule has 4 heterocycles. The number of aliphatic hydroxyl groups excluding tert-OH is 1. The van der Waals surface area contributed by atoms with Gasteiger partial charge in [0.2, 0.25) is 17.7 Å². The number of aliphatic hydroxyl groups is 1. The molecule has 2 fully saturated rings. The molecule has 6 N–H and O–H groups in total. The van der Waals surface area contributed by atoms with E-state index in [0.29, 0.717) is 22.9 Å².